The number of halogens is 2. The number of nitrogens with zero attached hydrogens (tertiary/aromatic N) is 1. The van der Waals surface area contributed by atoms with Gasteiger partial charge in [0, 0.05) is 14.5 Å². The zero-order chi connectivity index (χ0) is 15.4. The highest BCUT2D eigenvalue weighted by molar-refractivity contribution is 9.10. The number of nitrogens with one attached hydrogen (secondary N) is 1. The fraction of sp³-hybridized carbons (Fsp3) is 0.188. The molecule has 5 heteroatoms. The summed E-state index contributed by atoms with van der Waals surface area (Å²) in [5, 5.41) is 22.6. The van der Waals surface area contributed by atoms with E-state index in [-0.39, 0.29) is 11.8 Å². The van der Waals surface area contributed by atoms with Crippen LogP contribution in [-0.2, 0) is 0 Å². The van der Waals surface area contributed by atoms with E-state index in [1.54, 1.807) is 18.2 Å². The number of nitriles is 1. The maximum absolute atomic E-state index is 10.1. The van der Waals surface area contributed by atoms with Crippen LogP contribution in [0.25, 0.3) is 0 Å². The molecular formula is C16H14Br2N2O. The molecule has 3 nitrogen and oxygen atoms in total. The van der Waals surface area contributed by atoms with E-state index in [9.17, 15) is 10.4 Å². The van der Waals surface area contributed by atoms with Crippen LogP contribution in [0, 0.1) is 11.3 Å². The van der Waals surface area contributed by atoms with Crippen molar-refractivity contribution in [3.63, 3.8) is 0 Å². The maximum Gasteiger partial charge on any atom is 0.120 e. The van der Waals surface area contributed by atoms with Crippen molar-refractivity contribution in [2.24, 2.45) is 0 Å². The van der Waals surface area contributed by atoms with Crippen molar-refractivity contribution in [2.75, 3.05) is 5.32 Å². The molecule has 0 saturated heterocycles. The lowest BCUT2D eigenvalue weighted by Crippen LogP contribution is -2.11. The number of phenols is 1. The summed E-state index contributed by atoms with van der Waals surface area (Å²) in [6.07, 6.45) is 0.783. The Labute approximate surface area is 140 Å². The molecule has 0 bridgehead atoms. The van der Waals surface area contributed by atoms with Gasteiger partial charge in [-0.3, -0.25) is 0 Å². The van der Waals surface area contributed by atoms with E-state index < -0.39 is 0 Å². The minimum atomic E-state index is -0.0734. The first-order valence-electron chi connectivity index (χ1n) is 6.49. The third kappa shape index (κ3) is 3.78. The maximum atomic E-state index is 10.1. The van der Waals surface area contributed by atoms with Crippen molar-refractivity contribution in [3.05, 3.63) is 56.5 Å². The number of rotatable bonds is 4. The van der Waals surface area contributed by atoms with Gasteiger partial charge >= 0.3 is 0 Å². The second kappa shape index (κ2) is 6.97. The van der Waals surface area contributed by atoms with Crippen molar-refractivity contribution in [2.45, 2.75) is 19.4 Å². The predicted molar refractivity (Wildman–Crippen MR) is 91.3 cm³/mol. The van der Waals surface area contributed by atoms with Crippen LogP contribution in [0.15, 0.2) is 45.3 Å². The second-order valence-corrected chi connectivity index (χ2v) is 6.44. The summed E-state index contributed by atoms with van der Waals surface area (Å²) in [6.45, 7) is 2.03. The molecule has 1 atom stereocenters. The Bertz CT molecular complexity index is 695. The molecular weight excluding hydrogens is 396 g/mol. The molecule has 0 radical (unpaired) electrons. The Morgan fingerprint density at radius 2 is 1.86 bits per heavy atom. The Balaban J connectivity index is 2.36. The van der Waals surface area contributed by atoms with Crippen LogP contribution in [0.4, 0.5) is 5.69 Å². The van der Waals surface area contributed by atoms with E-state index in [0.717, 1.165) is 26.6 Å². The number of hydrogen-bond acceptors (Lipinski definition) is 3. The van der Waals surface area contributed by atoms with Crippen LogP contribution in [0.3, 0.4) is 0 Å². The fourth-order valence-electron chi connectivity index (χ4n) is 2.13. The summed E-state index contributed by atoms with van der Waals surface area (Å²) in [7, 11) is 0. The van der Waals surface area contributed by atoms with Gasteiger partial charge in [0.25, 0.3) is 0 Å². The highest BCUT2D eigenvalue weighted by atomic mass is 79.9. The van der Waals surface area contributed by atoms with Gasteiger partial charge in [0.05, 0.1) is 17.3 Å². The van der Waals surface area contributed by atoms with Crippen LogP contribution < -0.4 is 5.32 Å². The average molecular weight is 410 g/mol. The standard InChI is InChI=1S/C16H14Br2N2O/c1-2-14(13-8-12(18)4-6-16(13)21)20-15-5-3-11(17)7-10(15)9-19/h3-8,14,20-21H,2H2,1H3. The lowest BCUT2D eigenvalue weighted by atomic mass is 10.0. The lowest BCUT2D eigenvalue weighted by molar-refractivity contribution is 0.462. The molecule has 0 fully saturated rings. The van der Waals surface area contributed by atoms with Gasteiger partial charge in [0.2, 0.25) is 0 Å². The number of anilines is 1. The van der Waals surface area contributed by atoms with Crippen molar-refractivity contribution in [1.29, 1.82) is 5.26 Å². The molecule has 2 aromatic rings. The van der Waals surface area contributed by atoms with Crippen molar-refractivity contribution >= 4 is 37.5 Å². The molecule has 1 unspecified atom stereocenters. The lowest BCUT2D eigenvalue weighted by Gasteiger charge is -2.21. The van der Waals surface area contributed by atoms with Crippen LogP contribution in [-0.4, -0.2) is 5.11 Å². The van der Waals surface area contributed by atoms with Gasteiger partial charge in [-0.1, -0.05) is 38.8 Å². The van der Waals surface area contributed by atoms with E-state index >= 15 is 0 Å². The molecule has 0 aliphatic rings. The van der Waals surface area contributed by atoms with Crippen molar-refractivity contribution in [1.82, 2.24) is 0 Å². The largest absolute Gasteiger partial charge is 0.508 e. The number of hydrogen-bond donors (Lipinski definition) is 2. The first-order chi connectivity index (χ1) is 10.0. The fourth-order valence-corrected chi connectivity index (χ4v) is 2.87. The Morgan fingerprint density at radius 3 is 2.52 bits per heavy atom. The molecule has 2 rings (SSSR count). The molecule has 2 N–H and O–H groups in total. The van der Waals surface area contributed by atoms with Gasteiger partial charge < -0.3 is 10.4 Å². The van der Waals surface area contributed by atoms with Gasteiger partial charge in [-0.15, -0.1) is 0 Å². The molecule has 0 aliphatic carbocycles. The SMILES string of the molecule is CCC(Nc1ccc(Br)cc1C#N)c1cc(Br)ccc1O. The molecule has 0 aromatic heterocycles. The van der Waals surface area contributed by atoms with Crippen molar-refractivity contribution in [3.8, 4) is 11.8 Å². The third-order valence-electron chi connectivity index (χ3n) is 3.21. The molecule has 0 heterocycles. The highest BCUT2D eigenvalue weighted by Crippen LogP contribution is 2.33. The quantitative estimate of drug-likeness (QED) is 0.715. The van der Waals surface area contributed by atoms with Gasteiger partial charge in [0.15, 0.2) is 0 Å². The zero-order valence-electron chi connectivity index (χ0n) is 11.4. The predicted octanol–water partition coefficient (Wildman–Crippen LogP) is 5.35. The number of phenolic OH excluding ortho intramolecular Hbond substituents is 1. The van der Waals surface area contributed by atoms with Gasteiger partial charge in [-0.05, 0) is 42.8 Å². The summed E-state index contributed by atoms with van der Waals surface area (Å²) in [4.78, 5) is 0. The van der Waals surface area contributed by atoms with E-state index in [0.29, 0.717) is 5.56 Å². The van der Waals surface area contributed by atoms with Crippen molar-refractivity contribution < 1.29 is 5.11 Å². The monoisotopic (exact) mass is 408 g/mol. The second-order valence-electron chi connectivity index (χ2n) is 4.61. The van der Waals surface area contributed by atoms with Crippen LogP contribution in [0.2, 0.25) is 0 Å². The van der Waals surface area contributed by atoms with Gasteiger partial charge in [-0.25, -0.2) is 0 Å². The molecule has 0 saturated carbocycles. The van der Waals surface area contributed by atoms with Crippen LogP contribution in [0.5, 0.6) is 5.75 Å². The third-order valence-corrected chi connectivity index (χ3v) is 4.19. The summed E-state index contributed by atoms with van der Waals surface area (Å²) in [6, 6.07) is 13.0. The highest BCUT2D eigenvalue weighted by Gasteiger charge is 2.15. The van der Waals surface area contributed by atoms with Crippen LogP contribution in [0.1, 0.15) is 30.5 Å². The summed E-state index contributed by atoms with van der Waals surface area (Å²) >= 11 is 6.78. The summed E-state index contributed by atoms with van der Waals surface area (Å²) in [5.74, 6) is 0.244. The minimum Gasteiger partial charge on any atom is -0.508 e. The number of aromatic hydroxyl groups is 1. The van der Waals surface area contributed by atoms with E-state index in [1.165, 1.54) is 0 Å². The Morgan fingerprint density at radius 1 is 1.19 bits per heavy atom. The smallest absolute Gasteiger partial charge is 0.120 e. The zero-order valence-corrected chi connectivity index (χ0v) is 14.6. The molecule has 108 valence electrons. The summed E-state index contributed by atoms with van der Waals surface area (Å²) in [5.41, 5.74) is 2.13. The molecule has 0 amide bonds. The average Bonchev–Trinajstić information content (AvgIpc) is 2.48. The van der Waals surface area contributed by atoms with E-state index in [4.69, 9.17) is 0 Å². The van der Waals surface area contributed by atoms with Crippen LogP contribution >= 0.6 is 31.9 Å². The normalized spacial score (nSPS) is 11.7. The first kappa shape index (κ1) is 15.9. The first-order valence-corrected chi connectivity index (χ1v) is 8.08. The number of benzene rings is 2. The minimum absolute atomic E-state index is 0.0734. The topological polar surface area (TPSA) is 56.0 Å². The van der Waals surface area contributed by atoms with Gasteiger partial charge in [0.1, 0.15) is 11.8 Å². The molecule has 0 aliphatic heterocycles. The van der Waals surface area contributed by atoms with Gasteiger partial charge in [-0.2, -0.15) is 5.26 Å². The summed E-state index contributed by atoms with van der Waals surface area (Å²) < 4.78 is 1.77. The Hall–Kier alpha value is -1.51. The molecule has 2 aromatic carbocycles. The Kier molecular flexibility index (Phi) is 5.27. The van der Waals surface area contributed by atoms with E-state index in [1.807, 2.05) is 25.1 Å². The molecule has 21 heavy (non-hydrogen) atoms. The van der Waals surface area contributed by atoms with E-state index in [2.05, 4.69) is 43.2 Å². The molecule has 0 spiro atoms.